The Morgan fingerprint density at radius 2 is 2.00 bits per heavy atom. The van der Waals surface area contributed by atoms with Crippen LogP contribution in [0.15, 0.2) is 59.2 Å². The van der Waals surface area contributed by atoms with Crippen LogP contribution in [0.4, 0.5) is 4.39 Å². The number of nitrogens with one attached hydrogen (secondary N) is 1. The summed E-state index contributed by atoms with van der Waals surface area (Å²) < 4.78 is 18.7. The number of ether oxygens (including phenoxy) is 1. The number of rotatable bonds is 6. The van der Waals surface area contributed by atoms with Crippen molar-refractivity contribution in [2.45, 2.75) is 19.8 Å². The summed E-state index contributed by atoms with van der Waals surface area (Å²) in [5.74, 6) is 0.868. The Balaban J connectivity index is 1.70. The molecule has 5 heteroatoms. The zero-order valence-corrected chi connectivity index (χ0v) is 14.0. The number of hydrogen-bond acceptors (Lipinski definition) is 3. The van der Waals surface area contributed by atoms with E-state index in [1.54, 1.807) is 12.1 Å². The molecule has 0 radical (unpaired) electrons. The number of hydrogen-bond donors (Lipinski definition) is 1. The van der Waals surface area contributed by atoms with Crippen molar-refractivity contribution < 1.29 is 13.9 Å². The molecule has 0 fully saturated rings. The molecule has 0 unspecified atom stereocenters. The van der Waals surface area contributed by atoms with Gasteiger partial charge < -0.3 is 10.1 Å². The van der Waals surface area contributed by atoms with Crippen molar-refractivity contribution in [2.24, 2.45) is 4.99 Å². The number of amides is 1. The van der Waals surface area contributed by atoms with Crippen LogP contribution >= 0.6 is 0 Å². The molecule has 2 aromatic rings. The smallest absolute Gasteiger partial charge is 0.275 e. The lowest BCUT2D eigenvalue weighted by atomic mass is 10.1. The predicted molar refractivity (Wildman–Crippen MR) is 95.9 cm³/mol. The second kappa shape index (κ2) is 7.75. The molecule has 4 nitrogen and oxygen atoms in total. The lowest BCUT2D eigenvalue weighted by Gasteiger charge is -2.03. The summed E-state index contributed by atoms with van der Waals surface area (Å²) in [6.45, 7) is 2.51. The Morgan fingerprint density at radius 3 is 2.80 bits per heavy atom. The zero-order valence-electron chi connectivity index (χ0n) is 14.0. The van der Waals surface area contributed by atoms with Gasteiger partial charge in [-0.1, -0.05) is 24.3 Å². The van der Waals surface area contributed by atoms with Gasteiger partial charge in [0.25, 0.3) is 5.91 Å². The number of halogens is 1. The fraction of sp³-hybridized carbons (Fsp3) is 0.200. The van der Waals surface area contributed by atoms with Gasteiger partial charge in [0.2, 0.25) is 0 Å². The summed E-state index contributed by atoms with van der Waals surface area (Å²) in [4.78, 5) is 16.4. The Labute approximate surface area is 146 Å². The largest absolute Gasteiger partial charge is 0.494 e. The average Bonchev–Trinajstić information content (AvgIpc) is 2.94. The summed E-state index contributed by atoms with van der Waals surface area (Å²) >= 11 is 0. The third kappa shape index (κ3) is 4.53. The molecule has 1 heterocycles. The highest BCUT2D eigenvalue weighted by Gasteiger charge is 2.19. The maximum atomic E-state index is 13.2. The van der Waals surface area contributed by atoms with E-state index >= 15 is 0 Å². The van der Waals surface area contributed by atoms with E-state index in [1.807, 2.05) is 37.3 Å². The van der Waals surface area contributed by atoms with Crippen LogP contribution in [0.25, 0.3) is 6.08 Å². The number of aliphatic imine (C=N–C) groups is 1. The molecule has 0 bridgehead atoms. The highest BCUT2D eigenvalue weighted by molar-refractivity contribution is 6.14. The van der Waals surface area contributed by atoms with Crippen molar-refractivity contribution in [1.29, 1.82) is 0 Å². The van der Waals surface area contributed by atoms with Crippen LogP contribution in [-0.2, 0) is 11.2 Å². The van der Waals surface area contributed by atoms with Crippen LogP contribution in [-0.4, -0.2) is 18.3 Å². The minimum absolute atomic E-state index is 0.226. The number of carbonyl (C=O) groups excluding carboxylic acids is 1. The van der Waals surface area contributed by atoms with Gasteiger partial charge in [-0.3, -0.25) is 4.79 Å². The SMILES string of the molecule is CCOc1cccc(/C=C2/N=C(CCc3cccc(F)c3)NC2=O)c1. The van der Waals surface area contributed by atoms with E-state index in [2.05, 4.69) is 10.3 Å². The third-order valence-corrected chi connectivity index (χ3v) is 3.76. The summed E-state index contributed by atoms with van der Waals surface area (Å²) in [6.07, 6.45) is 2.89. The molecule has 1 aliphatic rings. The van der Waals surface area contributed by atoms with E-state index < -0.39 is 0 Å². The van der Waals surface area contributed by atoms with Crippen LogP contribution in [0.3, 0.4) is 0 Å². The molecule has 2 aromatic carbocycles. The number of nitrogens with zero attached hydrogens (tertiary/aromatic N) is 1. The van der Waals surface area contributed by atoms with E-state index in [9.17, 15) is 9.18 Å². The van der Waals surface area contributed by atoms with E-state index in [-0.39, 0.29) is 11.7 Å². The summed E-state index contributed by atoms with van der Waals surface area (Å²) in [7, 11) is 0. The molecule has 0 atom stereocenters. The van der Waals surface area contributed by atoms with Gasteiger partial charge >= 0.3 is 0 Å². The molecule has 0 saturated carbocycles. The molecule has 1 N–H and O–H groups in total. The number of amidine groups is 1. The van der Waals surface area contributed by atoms with Crippen LogP contribution < -0.4 is 10.1 Å². The van der Waals surface area contributed by atoms with Crippen molar-refractivity contribution in [3.63, 3.8) is 0 Å². The molecule has 0 saturated heterocycles. The van der Waals surface area contributed by atoms with Crippen molar-refractivity contribution in [2.75, 3.05) is 6.61 Å². The zero-order chi connectivity index (χ0) is 17.6. The van der Waals surface area contributed by atoms with Gasteiger partial charge in [-0.2, -0.15) is 0 Å². The quantitative estimate of drug-likeness (QED) is 0.816. The molecule has 0 aliphatic carbocycles. The van der Waals surface area contributed by atoms with Gasteiger partial charge in [-0.05, 0) is 54.8 Å². The normalized spacial score (nSPS) is 15.2. The minimum Gasteiger partial charge on any atom is -0.494 e. The average molecular weight is 338 g/mol. The molecular formula is C20H19FN2O2. The summed E-state index contributed by atoms with van der Waals surface area (Å²) in [5, 5.41) is 2.77. The molecule has 25 heavy (non-hydrogen) atoms. The maximum Gasteiger partial charge on any atom is 0.275 e. The summed E-state index contributed by atoms with van der Waals surface area (Å²) in [6, 6.07) is 13.9. The fourth-order valence-electron chi connectivity index (χ4n) is 2.61. The first kappa shape index (κ1) is 16.9. The van der Waals surface area contributed by atoms with Gasteiger partial charge in [0.05, 0.1) is 6.61 Å². The first-order valence-electron chi connectivity index (χ1n) is 8.22. The van der Waals surface area contributed by atoms with Crippen LogP contribution in [0.2, 0.25) is 0 Å². The van der Waals surface area contributed by atoms with Crippen molar-refractivity contribution in [3.05, 3.63) is 71.2 Å². The van der Waals surface area contributed by atoms with Crippen LogP contribution in [0, 0.1) is 5.82 Å². The van der Waals surface area contributed by atoms with E-state index in [0.29, 0.717) is 31.0 Å². The molecular weight excluding hydrogens is 319 g/mol. The molecule has 0 aromatic heterocycles. The fourth-order valence-corrected chi connectivity index (χ4v) is 2.61. The number of aryl methyl sites for hydroxylation is 1. The number of benzene rings is 2. The first-order chi connectivity index (χ1) is 12.1. The summed E-state index contributed by atoms with van der Waals surface area (Å²) in [5.41, 5.74) is 2.09. The predicted octanol–water partition coefficient (Wildman–Crippen LogP) is 3.73. The van der Waals surface area contributed by atoms with Crippen LogP contribution in [0.1, 0.15) is 24.5 Å². The third-order valence-electron chi connectivity index (χ3n) is 3.76. The van der Waals surface area contributed by atoms with Crippen molar-refractivity contribution in [3.8, 4) is 5.75 Å². The van der Waals surface area contributed by atoms with Crippen molar-refractivity contribution in [1.82, 2.24) is 5.32 Å². The Kier molecular flexibility index (Phi) is 5.23. The maximum absolute atomic E-state index is 13.2. The molecule has 0 spiro atoms. The molecule has 1 amide bonds. The van der Waals surface area contributed by atoms with Crippen LogP contribution in [0.5, 0.6) is 5.75 Å². The van der Waals surface area contributed by atoms with Gasteiger partial charge in [0, 0.05) is 6.42 Å². The van der Waals surface area contributed by atoms with Gasteiger partial charge in [-0.25, -0.2) is 9.38 Å². The lowest BCUT2D eigenvalue weighted by Crippen LogP contribution is -2.24. The van der Waals surface area contributed by atoms with Crippen molar-refractivity contribution >= 4 is 17.8 Å². The Hall–Kier alpha value is -2.95. The molecule has 1 aliphatic heterocycles. The topological polar surface area (TPSA) is 50.7 Å². The lowest BCUT2D eigenvalue weighted by molar-refractivity contribution is -0.115. The Morgan fingerprint density at radius 1 is 1.16 bits per heavy atom. The van der Waals surface area contributed by atoms with Gasteiger partial charge in [-0.15, -0.1) is 0 Å². The standard InChI is InChI=1S/C20H19FN2O2/c1-2-25-17-8-4-6-15(12-17)13-18-20(24)23-19(22-18)10-9-14-5-3-7-16(21)11-14/h3-8,11-13H,2,9-10H2,1H3,(H,22,23,24)/b18-13+. The Bertz CT molecular complexity index is 843. The van der Waals surface area contributed by atoms with E-state index in [4.69, 9.17) is 4.74 Å². The van der Waals surface area contributed by atoms with Gasteiger partial charge in [0.1, 0.15) is 23.1 Å². The number of carbonyl (C=O) groups is 1. The highest BCUT2D eigenvalue weighted by atomic mass is 19.1. The highest BCUT2D eigenvalue weighted by Crippen LogP contribution is 2.18. The first-order valence-corrected chi connectivity index (χ1v) is 8.22. The minimum atomic E-state index is -0.260. The molecule has 128 valence electrons. The van der Waals surface area contributed by atoms with E-state index in [0.717, 1.165) is 16.9 Å². The second-order valence-electron chi connectivity index (χ2n) is 5.68. The second-order valence-corrected chi connectivity index (χ2v) is 5.68. The molecule has 3 rings (SSSR count). The van der Waals surface area contributed by atoms with E-state index in [1.165, 1.54) is 12.1 Å². The van der Waals surface area contributed by atoms with Gasteiger partial charge in [0.15, 0.2) is 0 Å². The monoisotopic (exact) mass is 338 g/mol.